The van der Waals surface area contributed by atoms with Gasteiger partial charge in [0.25, 0.3) is 5.91 Å². The second kappa shape index (κ2) is 8.52. The van der Waals surface area contributed by atoms with E-state index in [0.29, 0.717) is 36.3 Å². The summed E-state index contributed by atoms with van der Waals surface area (Å²) in [5.41, 5.74) is 0.868. The molecule has 3 rings (SSSR count). The Morgan fingerprint density at radius 1 is 1.23 bits per heavy atom. The Hall–Kier alpha value is -3.17. The zero-order valence-electron chi connectivity index (χ0n) is 17.4. The molecule has 1 aromatic heterocycles. The number of carbonyl (C=O) groups excluding carboxylic acids is 2. The molecule has 0 saturated heterocycles. The van der Waals surface area contributed by atoms with Gasteiger partial charge in [0.15, 0.2) is 0 Å². The highest BCUT2D eigenvalue weighted by atomic mass is 19.4. The van der Waals surface area contributed by atoms with Crippen molar-refractivity contribution in [2.24, 2.45) is 0 Å². The second-order valence-corrected chi connectivity index (χ2v) is 8.18. The highest BCUT2D eigenvalue weighted by Crippen LogP contribution is 2.31. The van der Waals surface area contributed by atoms with E-state index >= 15 is 0 Å². The topological polar surface area (TPSA) is 81.6 Å². The van der Waals surface area contributed by atoms with E-state index in [2.05, 4.69) is 15.4 Å². The standard InChI is InChI=1S/C21H24F3N3O4/c1-20(2,3)31-19(29)25-8-7-15-11-26-18(28)17-10-14(12-27(15)17)13-5-4-6-16(9-13)30-21(22,23)24/h4-6,9-10,12,15H,7-8,11H2,1-3H3,(H,25,29)(H,26,28)/t15-/m0/s1. The minimum Gasteiger partial charge on any atom is -0.444 e. The van der Waals surface area contributed by atoms with Crippen LogP contribution in [0.2, 0.25) is 0 Å². The third-order valence-electron chi connectivity index (χ3n) is 4.52. The van der Waals surface area contributed by atoms with E-state index in [0.717, 1.165) is 0 Å². The van der Waals surface area contributed by atoms with E-state index in [4.69, 9.17) is 4.74 Å². The highest BCUT2D eigenvalue weighted by molar-refractivity contribution is 5.95. The molecule has 0 unspecified atom stereocenters. The molecule has 1 atom stereocenters. The maximum atomic E-state index is 12.5. The number of hydrogen-bond acceptors (Lipinski definition) is 4. The number of nitrogens with zero attached hydrogens (tertiary/aromatic N) is 1. The molecule has 10 heteroatoms. The van der Waals surface area contributed by atoms with Crippen molar-refractivity contribution < 1.29 is 32.2 Å². The van der Waals surface area contributed by atoms with Crippen LogP contribution in [0.4, 0.5) is 18.0 Å². The van der Waals surface area contributed by atoms with Crippen molar-refractivity contribution in [1.29, 1.82) is 0 Å². The Labute approximate surface area is 177 Å². The van der Waals surface area contributed by atoms with Crippen LogP contribution < -0.4 is 15.4 Å². The van der Waals surface area contributed by atoms with E-state index in [1.807, 2.05) is 0 Å². The van der Waals surface area contributed by atoms with Crippen LogP contribution in [-0.4, -0.2) is 41.6 Å². The van der Waals surface area contributed by atoms with Crippen LogP contribution in [0.25, 0.3) is 11.1 Å². The molecule has 2 N–H and O–H groups in total. The quantitative estimate of drug-likeness (QED) is 0.730. The molecule has 1 aromatic carbocycles. The summed E-state index contributed by atoms with van der Waals surface area (Å²) in [4.78, 5) is 24.1. The number of nitrogens with one attached hydrogen (secondary N) is 2. The molecule has 1 aliphatic heterocycles. The maximum Gasteiger partial charge on any atom is 0.573 e. The van der Waals surface area contributed by atoms with Gasteiger partial charge in [-0.3, -0.25) is 4.79 Å². The van der Waals surface area contributed by atoms with Gasteiger partial charge in [-0.2, -0.15) is 0 Å². The smallest absolute Gasteiger partial charge is 0.444 e. The van der Waals surface area contributed by atoms with Gasteiger partial charge in [0.05, 0.1) is 6.04 Å². The third-order valence-corrected chi connectivity index (χ3v) is 4.52. The Kier molecular flexibility index (Phi) is 6.19. The van der Waals surface area contributed by atoms with Gasteiger partial charge in [0.1, 0.15) is 17.0 Å². The van der Waals surface area contributed by atoms with Gasteiger partial charge in [-0.15, -0.1) is 13.2 Å². The Balaban J connectivity index is 1.73. The molecule has 31 heavy (non-hydrogen) atoms. The average molecular weight is 439 g/mol. The molecule has 0 bridgehead atoms. The second-order valence-electron chi connectivity index (χ2n) is 8.18. The van der Waals surface area contributed by atoms with Crippen molar-refractivity contribution in [2.45, 2.75) is 45.2 Å². The first kappa shape index (κ1) is 22.5. The molecule has 0 spiro atoms. The van der Waals surface area contributed by atoms with Crippen molar-refractivity contribution in [3.8, 4) is 16.9 Å². The van der Waals surface area contributed by atoms with E-state index in [1.54, 1.807) is 43.7 Å². The van der Waals surface area contributed by atoms with E-state index in [-0.39, 0.29) is 17.7 Å². The van der Waals surface area contributed by atoms with Gasteiger partial charge in [0, 0.05) is 24.8 Å². The summed E-state index contributed by atoms with van der Waals surface area (Å²) >= 11 is 0. The number of alkyl halides is 3. The van der Waals surface area contributed by atoms with Crippen molar-refractivity contribution in [2.75, 3.05) is 13.1 Å². The Bertz CT molecular complexity index is 964. The third kappa shape index (κ3) is 6.16. The van der Waals surface area contributed by atoms with Crippen LogP contribution in [0.3, 0.4) is 0 Å². The highest BCUT2D eigenvalue weighted by Gasteiger charge is 2.31. The molecule has 2 heterocycles. The average Bonchev–Trinajstić information content (AvgIpc) is 3.07. The number of rotatable bonds is 5. The molecular formula is C21H24F3N3O4. The molecule has 2 aromatic rings. The summed E-state index contributed by atoms with van der Waals surface area (Å²) in [5, 5.41) is 5.48. The molecule has 7 nitrogen and oxygen atoms in total. The summed E-state index contributed by atoms with van der Waals surface area (Å²) < 4.78 is 48.5. The number of fused-ring (bicyclic) bond motifs is 1. The molecule has 1 aliphatic rings. The van der Waals surface area contributed by atoms with Gasteiger partial charge >= 0.3 is 12.5 Å². The number of carbonyl (C=O) groups is 2. The monoisotopic (exact) mass is 439 g/mol. The van der Waals surface area contributed by atoms with E-state index in [9.17, 15) is 22.8 Å². The van der Waals surface area contributed by atoms with Crippen molar-refractivity contribution >= 4 is 12.0 Å². The predicted molar refractivity (Wildman–Crippen MR) is 107 cm³/mol. The number of alkyl carbamates (subject to hydrolysis) is 1. The molecule has 0 aliphatic carbocycles. The van der Waals surface area contributed by atoms with E-state index < -0.39 is 18.1 Å². The van der Waals surface area contributed by atoms with E-state index in [1.165, 1.54) is 18.2 Å². The first-order valence-corrected chi connectivity index (χ1v) is 9.74. The number of aromatic nitrogens is 1. The fraction of sp³-hybridized carbons (Fsp3) is 0.429. The summed E-state index contributed by atoms with van der Waals surface area (Å²) in [6.07, 6.45) is -3.07. The molecular weight excluding hydrogens is 415 g/mol. The summed E-state index contributed by atoms with van der Waals surface area (Å²) in [7, 11) is 0. The normalized spacial score (nSPS) is 16.3. The van der Waals surface area contributed by atoms with Crippen molar-refractivity contribution in [3.63, 3.8) is 0 Å². The first-order valence-electron chi connectivity index (χ1n) is 9.74. The lowest BCUT2D eigenvalue weighted by Crippen LogP contribution is -2.40. The van der Waals surface area contributed by atoms with Crippen molar-refractivity contribution in [3.05, 3.63) is 42.2 Å². The van der Waals surface area contributed by atoms with Crippen LogP contribution >= 0.6 is 0 Å². The molecule has 2 amide bonds. The van der Waals surface area contributed by atoms with Gasteiger partial charge in [-0.25, -0.2) is 4.79 Å². The number of benzene rings is 1. The van der Waals surface area contributed by atoms with Gasteiger partial charge in [-0.05, 0) is 51.0 Å². The lowest BCUT2D eigenvalue weighted by molar-refractivity contribution is -0.274. The maximum absolute atomic E-state index is 12.5. The molecule has 168 valence electrons. The number of ether oxygens (including phenoxy) is 2. The fourth-order valence-corrected chi connectivity index (χ4v) is 3.29. The Morgan fingerprint density at radius 2 is 1.97 bits per heavy atom. The minimum atomic E-state index is -4.79. The van der Waals surface area contributed by atoms with Crippen LogP contribution in [0.15, 0.2) is 36.5 Å². The molecule has 0 saturated carbocycles. The zero-order chi connectivity index (χ0) is 22.8. The summed E-state index contributed by atoms with van der Waals surface area (Å²) in [6.45, 7) is 6.01. The largest absolute Gasteiger partial charge is 0.573 e. The Morgan fingerprint density at radius 3 is 2.65 bits per heavy atom. The van der Waals surface area contributed by atoms with Gasteiger partial charge < -0.3 is 24.7 Å². The van der Waals surface area contributed by atoms with Crippen LogP contribution in [0.1, 0.15) is 43.7 Å². The number of hydrogen-bond donors (Lipinski definition) is 2. The van der Waals surface area contributed by atoms with Crippen LogP contribution in [-0.2, 0) is 4.74 Å². The summed E-state index contributed by atoms with van der Waals surface area (Å²) in [6, 6.07) is 7.06. The van der Waals surface area contributed by atoms with Gasteiger partial charge in [-0.1, -0.05) is 12.1 Å². The SMILES string of the molecule is CC(C)(C)OC(=O)NCC[C@H]1CNC(=O)c2cc(-c3cccc(OC(F)(F)F)c3)cn21. The predicted octanol–water partition coefficient (Wildman–Crippen LogP) is 4.25. The summed E-state index contributed by atoms with van der Waals surface area (Å²) in [5.74, 6) is -0.609. The van der Waals surface area contributed by atoms with Crippen LogP contribution in [0.5, 0.6) is 5.75 Å². The lowest BCUT2D eigenvalue weighted by atomic mass is 10.1. The zero-order valence-corrected chi connectivity index (χ0v) is 17.4. The fourth-order valence-electron chi connectivity index (χ4n) is 3.29. The number of amides is 2. The first-order chi connectivity index (χ1) is 14.4. The minimum absolute atomic E-state index is 0.133. The number of halogens is 3. The lowest BCUT2D eigenvalue weighted by Gasteiger charge is -2.27. The van der Waals surface area contributed by atoms with Gasteiger partial charge in [0.2, 0.25) is 0 Å². The molecule has 0 radical (unpaired) electrons. The van der Waals surface area contributed by atoms with Crippen molar-refractivity contribution in [1.82, 2.24) is 15.2 Å². The molecule has 0 fully saturated rings. The van der Waals surface area contributed by atoms with Crippen LogP contribution in [0, 0.1) is 0 Å².